The topological polar surface area (TPSA) is 49.6 Å². The van der Waals surface area contributed by atoms with Crippen LogP contribution in [0.2, 0.25) is 0 Å². The third-order valence-corrected chi connectivity index (χ3v) is 4.56. The highest BCUT2D eigenvalue weighted by Gasteiger charge is 2.17. The van der Waals surface area contributed by atoms with E-state index in [1.54, 1.807) is 0 Å². The molecule has 1 unspecified atom stereocenters. The van der Waals surface area contributed by atoms with Crippen LogP contribution in [0.3, 0.4) is 0 Å². The second kappa shape index (κ2) is 7.12. The minimum atomic E-state index is -0.784. The van der Waals surface area contributed by atoms with E-state index in [1.807, 2.05) is 66.1 Å². The van der Waals surface area contributed by atoms with Gasteiger partial charge in [-0.15, -0.1) is 0 Å². The summed E-state index contributed by atoms with van der Waals surface area (Å²) >= 11 is 0. The molecule has 0 fully saturated rings. The van der Waals surface area contributed by atoms with Gasteiger partial charge in [-0.3, -0.25) is 9.72 Å². The van der Waals surface area contributed by atoms with E-state index < -0.39 is 6.23 Å². The summed E-state index contributed by atoms with van der Waals surface area (Å²) in [6.07, 6.45) is 1.19. The molecule has 4 nitrogen and oxygen atoms in total. The quantitative estimate of drug-likeness (QED) is 0.537. The number of aromatic nitrogens is 2. The Hall–Kier alpha value is -2.95. The van der Waals surface area contributed by atoms with Crippen LogP contribution in [0.15, 0.2) is 79.0 Å². The SMILES string of the molecule is Cc1nc2cc(-c3ccccc3)ccn2c1C(O)NCc1ccccc1. The maximum atomic E-state index is 10.7. The van der Waals surface area contributed by atoms with Gasteiger partial charge in [0.05, 0.1) is 11.4 Å². The maximum absolute atomic E-state index is 10.7. The molecule has 0 aliphatic carbocycles. The molecule has 0 aliphatic rings. The van der Waals surface area contributed by atoms with Crippen molar-refractivity contribution in [1.82, 2.24) is 14.7 Å². The number of hydrogen-bond acceptors (Lipinski definition) is 3. The largest absolute Gasteiger partial charge is 0.373 e. The third-order valence-electron chi connectivity index (χ3n) is 4.56. The van der Waals surface area contributed by atoms with E-state index in [0.29, 0.717) is 6.54 Å². The molecular weight excluding hydrogens is 322 g/mol. The first-order valence-electron chi connectivity index (χ1n) is 8.72. The Morgan fingerprint density at radius 2 is 1.65 bits per heavy atom. The zero-order valence-corrected chi connectivity index (χ0v) is 14.6. The van der Waals surface area contributed by atoms with Gasteiger partial charge in [0.1, 0.15) is 11.9 Å². The molecule has 4 rings (SSSR count). The molecule has 1 atom stereocenters. The lowest BCUT2D eigenvalue weighted by Gasteiger charge is -2.14. The molecule has 4 aromatic rings. The normalized spacial score (nSPS) is 12.4. The summed E-state index contributed by atoms with van der Waals surface area (Å²) in [7, 11) is 0. The number of aliphatic hydroxyl groups excluding tert-OH is 1. The van der Waals surface area contributed by atoms with Crippen molar-refractivity contribution < 1.29 is 5.11 Å². The molecule has 4 heteroatoms. The van der Waals surface area contributed by atoms with Gasteiger partial charge in [-0.05, 0) is 35.7 Å². The number of nitrogens with one attached hydrogen (secondary N) is 1. The highest BCUT2D eigenvalue weighted by atomic mass is 16.3. The van der Waals surface area contributed by atoms with Gasteiger partial charge >= 0.3 is 0 Å². The van der Waals surface area contributed by atoms with E-state index in [4.69, 9.17) is 0 Å². The molecule has 0 bridgehead atoms. The van der Waals surface area contributed by atoms with Gasteiger partial charge in [0.15, 0.2) is 0 Å². The van der Waals surface area contributed by atoms with Gasteiger partial charge in [-0.2, -0.15) is 0 Å². The van der Waals surface area contributed by atoms with Crippen LogP contribution in [-0.4, -0.2) is 14.5 Å². The van der Waals surface area contributed by atoms with Crippen LogP contribution in [0.25, 0.3) is 16.8 Å². The van der Waals surface area contributed by atoms with Crippen LogP contribution in [0.4, 0.5) is 0 Å². The minimum Gasteiger partial charge on any atom is -0.373 e. The molecule has 0 aliphatic heterocycles. The summed E-state index contributed by atoms with van der Waals surface area (Å²) in [5, 5.41) is 13.8. The van der Waals surface area contributed by atoms with Crippen molar-refractivity contribution in [3.05, 3.63) is 95.9 Å². The molecular formula is C22H21N3O. The zero-order chi connectivity index (χ0) is 17.9. The fraction of sp³-hybridized carbons (Fsp3) is 0.136. The fourth-order valence-electron chi connectivity index (χ4n) is 3.23. The number of benzene rings is 2. The van der Waals surface area contributed by atoms with Crippen molar-refractivity contribution in [2.24, 2.45) is 0 Å². The lowest BCUT2D eigenvalue weighted by molar-refractivity contribution is 0.131. The second-order valence-electron chi connectivity index (χ2n) is 6.36. The molecule has 2 aromatic heterocycles. The Morgan fingerprint density at radius 3 is 2.38 bits per heavy atom. The number of aryl methyl sites for hydroxylation is 1. The molecule has 0 spiro atoms. The van der Waals surface area contributed by atoms with Gasteiger partial charge in [0.2, 0.25) is 0 Å². The van der Waals surface area contributed by atoms with Crippen molar-refractivity contribution in [1.29, 1.82) is 0 Å². The number of pyridine rings is 1. The Labute approximate surface area is 152 Å². The average Bonchev–Trinajstić information content (AvgIpc) is 3.02. The highest BCUT2D eigenvalue weighted by Crippen LogP contribution is 2.24. The summed E-state index contributed by atoms with van der Waals surface area (Å²) in [4.78, 5) is 4.64. The third kappa shape index (κ3) is 3.25. The molecule has 130 valence electrons. The smallest absolute Gasteiger partial charge is 0.148 e. The minimum absolute atomic E-state index is 0.594. The molecule has 26 heavy (non-hydrogen) atoms. The van der Waals surface area contributed by atoms with E-state index in [2.05, 4.69) is 34.6 Å². The molecule has 2 heterocycles. The van der Waals surface area contributed by atoms with E-state index in [-0.39, 0.29) is 0 Å². The van der Waals surface area contributed by atoms with Crippen molar-refractivity contribution in [3.63, 3.8) is 0 Å². The van der Waals surface area contributed by atoms with Gasteiger partial charge in [-0.1, -0.05) is 60.7 Å². The van der Waals surface area contributed by atoms with Crippen molar-refractivity contribution in [2.75, 3.05) is 0 Å². The summed E-state index contributed by atoms with van der Waals surface area (Å²) in [5.74, 6) is 0. The standard InChI is InChI=1S/C22H21N3O/c1-16-21(22(26)23-15-17-8-4-2-5-9-17)25-13-12-19(14-20(25)24-16)18-10-6-3-7-11-18/h2-14,22-23,26H,15H2,1H3. The molecule has 2 aromatic carbocycles. The monoisotopic (exact) mass is 343 g/mol. The van der Waals surface area contributed by atoms with Crippen molar-refractivity contribution in [3.8, 4) is 11.1 Å². The lowest BCUT2D eigenvalue weighted by Crippen LogP contribution is -2.22. The molecule has 0 amide bonds. The fourth-order valence-corrected chi connectivity index (χ4v) is 3.23. The van der Waals surface area contributed by atoms with E-state index in [0.717, 1.165) is 33.7 Å². The molecule has 0 saturated carbocycles. The maximum Gasteiger partial charge on any atom is 0.148 e. The summed E-state index contributed by atoms with van der Waals surface area (Å²) < 4.78 is 1.95. The number of nitrogens with zero attached hydrogens (tertiary/aromatic N) is 2. The molecule has 0 radical (unpaired) electrons. The Morgan fingerprint density at radius 1 is 0.962 bits per heavy atom. The van der Waals surface area contributed by atoms with Gasteiger partial charge in [0.25, 0.3) is 0 Å². The van der Waals surface area contributed by atoms with E-state index in [1.165, 1.54) is 0 Å². The van der Waals surface area contributed by atoms with Crippen LogP contribution in [0.5, 0.6) is 0 Å². The van der Waals surface area contributed by atoms with Crippen LogP contribution < -0.4 is 5.32 Å². The predicted octanol–water partition coefficient (Wildman–Crippen LogP) is 4.09. The van der Waals surface area contributed by atoms with Crippen LogP contribution >= 0.6 is 0 Å². The predicted molar refractivity (Wildman–Crippen MR) is 104 cm³/mol. The molecule has 0 saturated heterocycles. The summed E-state index contributed by atoms with van der Waals surface area (Å²) in [6.45, 7) is 2.52. The van der Waals surface area contributed by atoms with Gasteiger partial charge < -0.3 is 5.11 Å². The van der Waals surface area contributed by atoms with Crippen LogP contribution in [0.1, 0.15) is 23.2 Å². The van der Waals surface area contributed by atoms with Crippen LogP contribution in [-0.2, 0) is 6.54 Å². The Bertz CT molecular complexity index is 1010. The summed E-state index contributed by atoms with van der Waals surface area (Å²) in [5.41, 5.74) is 5.82. The first-order chi connectivity index (χ1) is 12.7. The first-order valence-corrected chi connectivity index (χ1v) is 8.72. The highest BCUT2D eigenvalue weighted by molar-refractivity contribution is 5.67. The van der Waals surface area contributed by atoms with Gasteiger partial charge in [0, 0.05) is 12.7 Å². The summed E-state index contributed by atoms with van der Waals surface area (Å²) in [6, 6.07) is 24.4. The van der Waals surface area contributed by atoms with Gasteiger partial charge in [-0.25, -0.2) is 4.98 Å². The van der Waals surface area contributed by atoms with Crippen LogP contribution in [0, 0.1) is 6.92 Å². The number of hydrogen-bond donors (Lipinski definition) is 2. The lowest BCUT2D eigenvalue weighted by atomic mass is 10.1. The number of aliphatic hydroxyl groups is 1. The van der Waals surface area contributed by atoms with Crippen molar-refractivity contribution >= 4 is 5.65 Å². The Kier molecular flexibility index (Phi) is 4.52. The zero-order valence-electron chi connectivity index (χ0n) is 14.6. The average molecular weight is 343 g/mol. The number of rotatable bonds is 5. The second-order valence-corrected chi connectivity index (χ2v) is 6.36. The molecule has 2 N–H and O–H groups in total. The number of imidazole rings is 1. The van der Waals surface area contributed by atoms with Crippen molar-refractivity contribution in [2.45, 2.75) is 19.7 Å². The van der Waals surface area contributed by atoms with E-state index in [9.17, 15) is 5.11 Å². The number of fused-ring (bicyclic) bond motifs is 1. The van der Waals surface area contributed by atoms with E-state index >= 15 is 0 Å². The Balaban J connectivity index is 1.62. The first kappa shape index (κ1) is 16.5.